The topological polar surface area (TPSA) is 64.9 Å². The first-order valence-electron chi connectivity index (χ1n) is 6.21. The van der Waals surface area contributed by atoms with Gasteiger partial charge in [-0.05, 0) is 32.4 Å². The van der Waals surface area contributed by atoms with Crippen molar-refractivity contribution in [2.75, 3.05) is 19.0 Å². The minimum atomic E-state index is -0.110. The molecule has 0 unspecified atom stereocenters. The van der Waals surface area contributed by atoms with Gasteiger partial charge in [0, 0.05) is 13.7 Å². The molecule has 0 aromatic carbocycles. The van der Waals surface area contributed by atoms with Crippen molar-refractivity contribution in [1.82, 2.24) is 19.7 Å². The first-order chi connectivity index (χ1) is 9.11. The zero-order valence-electron chi connectivity index (χ0n) is 11.5. The molecule has 0 saturated carbocycles. The van der Waals surface area contributed by atoms with Crippen molar-refractivity contribution in [3.05, 3.63) is 31.0 Å². The van der Waals surface area contributed by atoms with E-state index < -0.39 is 0 Å². The van der Waals surface area contributed by atoms with Gasteiger partial charge < -0.3 is 10.1 Å². The van der Waals surface area contributed by atoms with Crippen LogP contribution in [0.4, 0.5) is 5.69 Å². The fourth-order valence-corrected chi connectivity index (χ4v) is 1.56. The molecular formula is C13H19N5O. The van der Waals surface area contributed by atoms with Crippen molar-refractivity contribution in [3.8, 4) is 5.82 Å². The summed E-state index contributed by atoms with van der Waals surface area (Å²) in [6.07, 6.45) is 5.82. The zero-order valence-corrected chi connectivity index (χ0v) is 11.5. The molecular weight excluding hydrogens is 242 g/mol. The number of hydrogen-bond donors (Lipinski definition) is 1. The zero-order chi connectivity index (χ0) is 13.7. The molecule has 6 nitrogen and oxygen atoms in total. The highest BCUT2D eigenvalue weighted by molar-refractivity contribution is 5.43. The fourth-order valence-electron chi connectivity index (χ4n) is 1.56. The summed E-state index contributed by atoms with van der Waals surface area (Å²) in [5, 5.41) is 7.35. The molecule has 2 rings (SSSR count). The molecule has 0 saturated heterocycles. The second kappa shape index (κ2) is 5.79. The lowest BCUT2D eigenvalue weighted by atomic mass is 10.1. The van der Waals surface area contributed by atoms with E-state index >= 15 is 0 Å². The summed E-state index contributed by atoms with van der Waals surface area (Å²) in [5.74, 6) is 0.750. The number of ether oxygens (including phenoxy) is 1. The lowest BCUT2D eigenvalue weighted by Crippen LogP contribution is -2.25. The van der Waals surface area contributed by atoms with Gasteiger partial charge in [0.05, 0.1) is 17.5 Å². The quantitative estimate of drug-likeness (QED) is 0.860. The van der Waals surface area contributed by atoms with Gasteiger partial charge >= 0.3 is 0 Å². The average Bonchev–Trinajstić information content (AvgIpc) is 2.93. The Kier molecular flexibility index (Phi) is 4.11. The van der Waals surface area contributed by atoms with Crippen LogP contribution in [0, 0.1) is 0 Å². The Morgan fingerprint density at radius 1 is 1.37 bits per heavy atom. The van der Waals surface area contributed by atoms with Gasteiger partial charge in [-0.2, -0.15) is 5.10 Å². The number of rotatable bonds is 6. The summed E-state index contributed by atoms with van der Waals surface area (Å²) >= 11 is 0. The molecule has 0 aliphatic rings. The molecule has 0 aliphatic carbocycles. The highest BCUT2D eigenvalue weighted by atomic mass is 16.5. The van der Waals surface area contributed by atoms with E-state index in [-0.39, 0.29) is 5.60 Å². The minimum absolute atomic E-state index is 0.110. The highest BCUT2D eigenvalue weighted by Gasteiger charge is 2.15. The van der Waals surface area contributed by atoms with Gasteiger partial charge in [-0.3, -0.25) is 0 Å². The summed E-state index contributed by atoms with van der Waals surface area (Å²) in [5.41, 5.74) is 0.872. The lowest BCUT2D eigenvalue weighted by Gasteiger charge is -2.22. The number of methoxy groups -OCH3 is 1. The summed E-state index contributed by atoms with van der Waals surface area (Å²) in [4.78, 5) is 8.21. The van der Waals surface area contributed by atoms with Crippen molar-refractivity contribution < 1.29 is 4.74 Å². The summed E-state index contributed by atoms with van der Waals surface area (Å²) in [6, 6.07) is 3.88. The van der Waals surface area contributed by atoms with E-state index in [0.717, 1.165) is 24.5 Å². The predicted molar refractivity (Wildman–Crippen MR) is 73.3 cm³/mol. The molecule has 19 heavy (non-hydrogen) atoms. The smallest absolute Gasteiger partial charge is 0.155 e. The van der Waals surface area contributed by atoms with E-state index in [1.54, 1.807) is 24.3 Å². The maximum absolute atomic E-state index is 5.37. The second-order valence-corrected chi connectivity index (χ2v) is 4.89. The Morgan fingerprint density at radius 3 is 2.79 bits per heavy atom. The van der Waals surface area contributed by atoms with Crippen LogP contribution in [0.3, 0.4) is 0 Å². The van der Waals surface area contributed by atoms with E-state index in [4.69, 9.17) is 4.74 Å². The third kappa shape index (κ3) is 3.75. The molecule has 2 aromatic heterocycles. The number of anilines is 1. The van der Waals surface area contributed by atoms with E-state index in [0.29, 0.717) is 0 Å². The van der Waals surface area contributed by atoms with Gasteiger partial charge in [0.2, 0.25) is 0 Å². The Hall–Kier alpha value is -1.95. The molecule has 102 valence electrons. The van der Waals surface area contributed by atoms with Crippen LogP contribution in [0.2, 0.25) is 0 Å². The third-order valence-corrected chi connectivity index (χ3v) is 3.01. The molecule has 0 bridgehead atoms. The molecule has 6 heteroatoms. The van der Waals surface area contributed by atoms with Crippen LogP contribution in [0.5, 0.6) is 0 Å². The van der Waals surface area contributed by atoms with Crippen LogP contribution >= 0.6 is 0 Å². The van der Waals surface area contributed by atoms with Crippen LogP contribution < -0.4 is 5.32 Å². The third-order valence-electron chi connectivity index (χ3n) is 3.01. The number of aromatic nitrogens is 4. The van der Waals surface area contributed by atoms with Gasteiger partial charge in [-0.15, -0.1) is 0 Å². The Balaban J connectivity index is 1.89. The summed E-state index contributed by atoms with van der Waals surface area (Å²) in [6.45, 7) is 4.98. The predicted octanol–water partition coefficient (Wildman–Crippen LogP) is 1.89. The van der Waals surface area contributed by atoms with E-state index in [1.165, 1.54) is 6.33 Å². The van der Waals surface area contributed by atoms with Crippen molar-refractivity contribution >= 4 is 5.69 Å². The van der Waals surface area contributed by atoms with Crippen LogP contribution in [-0.2, 0) is 4.74 Å². The Bertz CT molecular complexity index is 492. The average molecular weight is 261 g/mol. The number of nitrogens with one attached hydrogen (secondary N) is 1. The number of hydrogen-bond acceptors (Lipinski definition) is 5. The standard InChI is InChI=1S/C13H19N5O/c1-13(2,19-3)6-7-15-11-4-5-12(16-8-11)18-10-14-9-17-18/h4-5,8-10,15H,6-7H2,1-3H3. The first-order valence-corrected chi connectivity index (χ1v) is 6.21. The molecule has 0 amide bonds. The van der Waals surface area contributed by atoms with Crippen LogP contribution in [0.15, 0.2) is 31.0 Å². The Morgan fingerprint density at radius 2 is 2.21 bits per heavy atom. The van der Waals surface area contributed by atoms with E-state index in [9.17, 15) is 0 Å². The SMILES string of the molecule is COC(C)(C)CCNc1ccc(-n2cncn2)nc1. The lowest BCUT2D eigenvalue weighted by molar-refractivity contribution is 0.0185. The molecule has 0 radical (unpaired) electrons. The summed E-state index contributed by atoms with van der Waals surface area (Å²) < 4.78 is 6.99. The van der Waals surface area contributed by atoms with Crippen LogP contribution in [0.1, 0.15) is 20.3 Å². The van der Waals surface area contributed by atoms with Crippen molar-refractivity contribution in [1.29, 1.82) is 0 Å². The fraction of sp³-hybridized carbons (Fsp3) is 0.462. The van der Waals surface area contributed by atoms with Crippen molar-refractivity contribution in [2.24, 2.45) is 0 Å². The molecule has 0 atom stereocenters. The van der Waals surface area contributed by atoms with Crippen LogP contribution in [-0.4, -0.2) is 39.0 Å². The van der Waals surface area contributed by atoms with Crippen LogP contribution in [0.25, 0.3) is 5.82 Å². The second-order valence-electron chi connectivity index (χ2n) is 4.89. The molecule has 0 aliphatic heterocycles. The van der Waals surface area contributed by atoms with Gasteiger partial charge in [0.25, 0.3) is 0 Å². The van der Waals surface area contributed by atoms with Crippen molar-refractivity contribution in [2.45, 2.75) is 25.9 Å². The monoisotopic (exact) mass is 261 g/mol. The van der Waals surface area contributed by atoms with E-state index in [2.05, 4.69) is 34.2 Å². The van der Waals surface area contributed by atoms with Gasteiger partial charge in [-0.1, -0.05) is 0 Å². The number of nitrogens with zero attached hydrogens (tertiary/aromatic N) is 4. The summed E-state index contributed by atoms with van der Waals surface area (Å²) in [7, 11) is 1.73. The first kappa shape index (κ1) is 13.5. The maximum atomic E-state index is 5.37. The van der Waals surface area contributed by atoms with Gasteiger partial charge in [-0.25, -0.2) is 14.6 Å². The van der Waals surface area contributed by atoms with Crippen molar-refractivity contribution in [3.63, 3.8) is 0 Å². The largest absolute Gasteiger partial charge is 0.384 e. The Labute approximate surface area is 112 Å². The minimum Gasteiger partial charge on any atom is -0.384 e. The molecule has 0 spiro atoms. The maximum Gasteiger partial charge on any atom is 0.155 e. The van der Waals surface area contributed by atoms with Gasteiger partial charge in [0.15, 0.2) is 5.82 Å². The molecule has 1 N–H and O–H groups in total. The molecule has 2 heterocycles. The number of pyridine rings is 1. The highest BCUT2D eigenvalue weighted by Crippen LogP contribution is 2.14. The molecule has 0 fully saturated rings. The normalized spacial score (nSPS) is 11.5. The van der Waals surface area contributed by atoms with E-state index in [1.807, 2.05) is 12.1 Å². The van der Waals surface area contributed by atoms with Gasteiger partial charge in [0.1, 0.15) is 12.7 Å². The molecule has 2 aromatic rings.